The first-order valence-electron chi connectivity index (χ1n) is 25.0. The van der Waals surface area contributed by atoms with Crippen molar-refractivity contribution in [2.45, 2.75) is 23.7 Å². The number of hydrogen-bond donors (Lipinski definition) is 4. The Hall–Kier alpha value is -9.96. The third kappa shape index (κ3) is 10.1. The van der Waals surface area contributed by atoms with E-state index in [1.54, 1.807) is 121 Å². The maximum absolute atomic E-state index is 12.9. The van der Waals surface area contributed by atoms with Crippen LogP contribution in [0.2, 0.25) is 0 Å². The van der Waals surface area contributed by atoms with Crippen molar-refractivity contribution in [1.29, 1.82) is 0 Å². The molecule has 4 atom stereocenters. The molecule has 0 amide bonds. The molecule has 0 saturated heterocycles. The van der Waals surface area contributed by atoms with E-state index in [0.717, 1.165) is 0 Å². The van der Waals surface area contributed by atoms with Crippen LogP contribution in [0.3, 0.4) is 0 Å². The van der Waals surface area contributed by atoms with Gasteiger partial charge in [0.05, 0.1) is 79.1 Å². The van der Waals surface area contributed by atoms with E-state index in [9.17, 15) is 39.6 Å². The molecule has 1 aliphatic carbocycles. The smallest absolute Gasteiger partial charge is 0.337 e. The van der Waals surface area contributed by atoms with Gasteiger partial charge in [0.15, 0.2) is 0 Å². The minimum atomic E-state index is -0.993. The largest absolute Gasteiger partial charge is 0.507 e. The van der Waals surface area contributed by atoms with E-state index in [1.165, 1.54) is 81.1 Å². The van der Waals surface area contributed by atoms with Crippen molar-refractivity contribution in [2.24, 2.45) is 0 Å². The van der Waals surface area contributed by atoms with Gasteiger partial charge in [-0.05, 0) is 95.1 Å². The molecule has 9 rings (SSSR count). The van der Waals surface area contributed by atoms with Gasteiger partial charge in [0.2, 0.25) is 0 Å². The summed E-state index contributed by atoms with van der Waals surface area (Å²) in [6, 6.07) is 39.2. The van der Waals surface area contributed by atoms with Crippen molar-refractivity contribution < 1.29 is 77.5 Å². The number of aromatic hydroxyl groups is 4. The summed E-state index contributed by atoms with van der Waals surface area (Å²) < 4.78 is 44.7. The molecule has 4 N–H and O–H groups in total. The molecule has 80 heavy (non-hydrogen) atoms. The Balaban J connectivity index is 1.50. The summed E-state index contributed by atoms with van der Waals surface area (Å²) in [5.41, 5.74) is 5.91. The van der Waals surface area contributed by atoms with E-state index in [1.807, 2.05) is 0 Å². The molecule has 8 bridgehead atoms. The Labute approximate surface area is 460 Å². The van der Waals surface area contributed by atoms with E-state index in [0.29, 0.717) is 44.5 Å². The molecule has 16 heteroatoms. The minimum absolute atomic E-state index is 0.187. The zero-order chi connectivity index (χ0) is 57.1. The van der Waals surface area contributed by atoms with Crippen LogP contribution in [0.25, 0.3) is 0 Å². The number of carbonyl (C=O) groups is 4. The summed E-state index contributed by atoms with van der Waals surface area (Å²) in [7, 11) is 10.9. The van der Waals surface area contributed by atoms with E-state index in [2.05, 4.69) is 0 Å². The van der Waals surface area contributed by atoms with Gasteiger partial charge in [-0.2, -0.15) is 0 Å². The summed E-state index contributed by atoms with van der Waals surface area (Å²) in [6.07, 6.45) is 0. The van der Waals surface area contributed by atoms with Gasteiger partial charge in [0, 0.05) is 92.4 Å². The molecule has 1 aliphatic rings. The monoisotopic (exact) mass is 1080 g/mol. The predicted molar refractivity (Wildman–Crippen MR) is 294 cm³/mol. The number of carbonyl (C=O) groups excluding carboxylic acids is 4. The Morgan fingerprint density at radius 2 is 0.450 bits per heavy atom. The summed E-state index contributed by atoms with van der Waals surface area (Å²) in [4.78, 5) is 51.6. The van der Waals surface area contributed by atoms with Crippen LogP contribution in [-0.4, -0.2) is 101 Å². The predicted octanol–water partition coefficient (Wildman–Crippen LogP) is 10.7. The highest BCUT2D eigenvalue weighted by molar-refractivity contribution is 5.91. The van der Waals surface area contributed by atoms with Crippen LogP contribution < -0.4 is 18.9 Å². The van der Waals surface area contributed by atoms with E-state index < -0.39 is 47.5 Å². The van der Waals surface area contributed by atoms with Crippen molar-refractivity contribution in [3.8, 4) is 46.0 Å². The van der Waals surface area contributed by atoms with Crippen LogP contribution in [0, 0.1) is 0 Å². The summed E-state index contributed by atoms with van der Waals surface area (Å²) in [5, 5.41) is 50.2. The molecule has 0 fully saturated rings. The fraction of sp³-hybridized carbons (Fsp3) is 0.188. The van der Waals surface area contributed by atoms with Crippen LogP contribution in [0.1, 0.15) is 132 Å². The Bertz CT molecular complexity index is 3180. The molecule has 0 aliphatic heterocycles. The number of esters is 4. The molecule has 8 aromatic rings. The summed E-state index contributed by atoms with van der Waals surface area (Å²) >= 11 is 0. The topological polar surface area (TPSA) is 223 Å². The van der Waals surface area contributed by atoms with Crippen LogP contribution in [0.15, 0.2) is 146 Å². The van der Waals surface area contributed by atoms with Gasteiger partial charge in [-0.3, -0.25) is 0 Å². The molecule has 4 unspecified atom stereocenters. The standard InChI is InChI=1S/C64H56O16/c1-73-53-29-49(65)41-25-45(53)57(33-9-17-37(18-10-33)61(69)77-5)42-26-46(54(74-2)30-50(42)66)59(35-13-21-39(22-14-35)63(71)79-7)44-28-48(56(76-4)32-52(44)68)60(36-15-23-40(24-16-36)64(72)80-8)43-27-47(55(75-3)31-51(43)67)58(41)34-11-19-38(20-12-34)62(70)78-6/h9-32,57-60,65-68H,1-8H3. The van der Waals surface area contributed by atoms with Crippen LogP contribution >= 0.6 is 0 Å². The number of fused-ring (bicyclic) bond motifs is 8. The second-order valence-corrected chi connectivity index (χ2v) is 18.8. The fourth-order valence-electron chi connectivity index (χ4n) is 10.8. The lowest BCUT2D eigenvalue weighted by Gasteiger charge is -2.31. The molecule has 0 radical (unpaired) electrons. The highest BCUT2D eigenvalue weighted by atomic mass is 16.5. The molecular weight excluding hydrogens is 1020 g/mol. The first-order chi connectivity index (χ1) is 38.6. The van der Waals surface area contributed by atoms with Crippen LogP contribution in [0.5, 0.6) is 46.0 Å². The molecule has 0 saturated carbocycles. The van der Waals surface area contributed by atoms with E-state index in [4.69, 9.17) is 37.9 Å². The van der Waals surface area contributed by atoms with E-state index in [-0.39, 0.29) is 90.5 Å². The first kappa shape index (κ1) is 54.8. The molecule has 8 aromatic carbocycles. The fourth-order valence-corrected chi connectivity index (χ4v) is 10.8. The van der Waals surface area contributed by atoms with Gasteiger partial charge in [-0.25, -0.2) is 19.2 Å². The number of ether oxygens (including phenoxy) is 8. The Morgan fingerprint density at radius 1 is 0.275 bits per heavy atom. The van der Waals surface area contributed by atoms with Gasteiger partial charge in [0.1, 0.15) is 46.0 Å². The SMILES string of the molecule is COC(=O)c1ccc(C2c3cc(c(OC)cc3O)C(c3ccc(C(=O)OC)cc3)c3cc(c(OC)cc3O)C(c3ccc(C(=O)OC)cc3)c3cc(c(OC)cc3O)C(c3ccc(C(=O)OC)cc3)c3cc2c(OC)cc3O)cc1. The normalized spacial score (nSPS) is 15.4. The van der Waals surface area contributed by atoms with Gasteiger partial charge in [-0.1, -0.05) is 48.5 Å². The average Bonchev–Trinajstić information content (AvgIpc) is 3.60. The molecular formula is C64H56O16. The number of methoxy groups -OCH3 is 8. The van der Waals surface area contributed by atoms with E-state index >= 15 is 0 Å². The number of hydrogen-bond acceptors (Lipinski definition) is 16. The summed E-state index contributed by atoms with van der Waals surface area (Å²) in [5.74, 6) is -6.51. The number of benzene rings is 8. The lowest BCUT2D eigenvalue weighted by molar-refractivity contribution is 0.0592. The van der Waals surface area contributed by atoms with Crippen molar-refractivity contribution >= 4 is 23.9 Å². The molecule has 16 nitrogen and oxygen atoms in total. The third-order valence-corrected chi connectivity index (χ3v) is 14.7. The number of phenolic OH excluding ortho intramolecular Hbond substituents is 4. The van der Waals surface area contributed by atoms with Gasteiger partial charge in [0.25, 0.3) is 0 Å². The number of rotatable bonds is 12. The first-order valence-corrected chi connectivity index (χ1v) is 25.0. The minimum Gasteiger partial charge on any atom is -0.507 e. The molecule has 0 heterocycles. The Kier molecular flexibility index (Phi) is 15.7. The lowest BCUT2D eigenvalue weighted by Crippen LogP contribution is -2.15. The zero-order valence-electron chi connectivity index (χ0n) is 44.9. The van der Waals surface area contributed by atoms with Crippen LogP contribution in [0.4, 0.5) is 0 Å². The molecule has 0 aromatic heterocycles. The van der Waals surface area contributed by atoms with Gasteiger partial charge < -0.3 is 58.3 Å². The van der Waals surface area contributed by atoms with Gasteiger partial charge >= 0.3 is 23.9 Å². The Morgan fingerprint density at radius 3 is 0.600 bits per heavy atom. The molecule has 0 spiro atoms. The highest BCUT2D eigenvalue weighted by Crippen LogP contribution is 2.54. The average molecular weight is 1080 g/mol. The quantitative estimate of drug-likeness (QED) is 0.0660. The molecule has 408 valence electrons. The van der Waals surface area contributed by atoms with Crippen molar-refractivity contribution in [3.05, 3.63) is 235 Å². The lowest BCUT2D eigenvalue weighted by atomic mass is 9.75. The zero-order valence-corrected chi connectivity index (χ0v) is 44.9. The van der Waals surface area contributed by atoms with Crippen molar-refractivity contribution in [2.75, 3.05) is 56.9 Å². The summed E-state index contributed by atoms with van der Waals surface area (Å²) in [6.45, 7) is 0. The van der Waals surface area contributed by atoms with Crippen molar-refractivity contribution in [1.82, 2.24) is 0 Å². The maximum atomic E-state index is 12.9. The second kappa shape index (κ2) is 22.9. The highest BCUT2D eigenvalue weighted by Gasteiger charge is 2.36. The van der Waals surface area contributed by atoms with Crippen molar-refractivity contribution in [3.63, 3.8) is 0 Å². The maximum Gasteiger partial charge on any atom is 0.337 e. The second-order valence-electron chi connectivity index (χ2n) is 18.8. The third-order valence-electron chi connectivity index (χ3n) is 14.7. The number of phenols is 4. The van der Waals surface area contributed by atoms with Crippen LogP contribution in [-0.2, 0) is 18.9 Å². The van der Waals surface area contributed by atoms with Gasteiger partial charge in [-0.15, -0.1) is 0 Å².